The Morgan fingerprint density at radius 1 is 1.05 bits per heavy atom. The molecule has 0 aliphatic carbocycles. The normalized spacial score (nSPS) is 11.3. The van der Waals surface area contributed by atoms with Gasteiger partial charge in [-0.05, 0) is 60.8 Å². The predicted molar refractivity (Wildman–Crippen MR) is 73.7 cm³/mol. The van der Waals surface area contributed by atoms with E-state index in [4.69, 9.17) is 0 Å². The lowest BCUT2D eigenvalue weighted by Gasteiger charge is -2.10. The van der Waals surface area contributed by atoms with Crippen LogP contribution in [0.4, 0.5) is 23.2 Å². The van der Waals surface area contributed by atoms with Gasteiger partial charge < -0.3 is 9.46 Å². The van der Waals surface area contributed by atoms with Crippen molar-refractivity contribution in [2.24, 2.45) is 0 Å². The molecule has 2 nitrogen and oxygen atoms in total. The standard InChI is InChI=1S/C14H11F4NOS/c1-9-2-7-13(12(15)8-9)19-21-11-5-3-10(4-6-11)20-14(16,17)18/h2-8,19H,1H3. The van der Waals surface area contributed by atoms with Crippen LogP contribution in [0.3, 0.4) is 0 Å². The van der Waals surface area contributed by atoms with Gasteiger partial charge in [0.25, 0.3) is 0 Å². The summed E-state index contributed by atoms with van der Waals surface area (Å²) in [5, 5.41) is 0. The van der Waals surface area contributed by atoms with Crippen LogP contribution < -0.4 is 9.46 Å². The van der Waals surface area contributed by atoms with Crippen LogP contribution in [-0.4, -0.2) is 6.36 Å². The first kappa shape index (κ1) is 15.5. The highest BCUT2D eigenvalue weighted by Crippen LogP contribution is 2.27. The Hall–Kier alpha value is -1.89. The van der Waals surface area contributed by atoms with Crippen LogP contribution in [0.5, 0.6) is 5.75 Å². The summed E-state index contributed by atoms with van der Waals surface area (Å²) in [5.41, 5.74) is 1.11. The Bertz CT molecular complexity index is 613. The zero-order valence-electron chi connectivity index (χ0n) is 10.9. The molecule has 21 heavy (non-hydrogen) atoms. The summed E-state index contributed by atoms with van der Waals surface area (Å²) in [6.45, 7) is 1.78. The molecule has 0 heterocycles. The van der Waals surface area contributed by atoms with E-state index in [2.05, 4.69) is 9.46 Å². The van der Waals surface area contributed by atoms with Gasteiger partial charge in [0, 0.05) is 4.90 Å². The molecule has 0 saturated carbocycles. The highest BCUT2D eigenvalue weighted by molar-refractivity contribution is 8.00. The first-order valence-corrected chi connectivity index (χ1v) is 6.70. The lowest BCUT2D eigenvalue weighted by molar-refractivity contribution is -0.274. The van der Waals surface area contributed by atoms with Crippen LogP contribution in [0.15, 0.2) is 47.4 Å². The number of nitrogens with one attached hydrogen (secondary N) is 1. The molecule has 0 aliphatic rings. The molecule has 2 aromatic rings. The largest absolute Gasteiger partial charge is 0.573 e. The van der Waals surface area contributed by atoms with Crippen LogP contribution in [-0.2, 0) is 0 Å². The molecule has 0 atom stereocenters. The maximum Gasteiger partial charge on any atom is 0.573 e. The van der Waals surface area contributed by atoms with Crippen molar-refractivity contribution < 1.29 is 22.3 Å². The van der Waals surface area contributed by atoms with Crippen LogP contribution in [0.25, 0.3) is 0 Å². The first-order chi connectivity index (χ1) is 9.83. The third-order valence-corrected chi connectivity index (χ3v) is 3.29. The molecule has 0 unspecified atom stereocenters. The van der Waals surface area contributed by atoms with Gasteiger partial charge in [-0.2, -0.15) is 0 Å². The first-order valence-electron chi connectivity index (χ1n) is 5.88. The van der Waals surface area contributed by atoms with Crippen molar-refractivity contribution in [1.82, 2.24) is 0 Å². The van der Waals surface area contributed by atoms with Gasteiger partial charge in [-0.1, -0.05) is 6.07 Å². The molecule has 2 rings (SSSR count). The number of hydrogen-bond donors (Lipinski definition) is 1. The van der Waals surface area contributed by atoms with Crippen LogP contribution in [0.1, 0.15) is 5.56 Å². The molecule has 2 aromatic carbocycles. The minimum Gasteiger partial charge on any atom is -0.406 e. The Labute approximate surface area is 123 Å². The van der Waals surface area contributed by atoms with E-state index in [1.807, 2.05) is 0 Å². The van der Waals surface area contributed by atoms with Crippen molar-refractivity contribution in [2.45, 2.75) is 18.2 Å². The molecule has 7 heteroatoms. The monoisotopic (exact) mass is 317 g/mol. The second kappa shape index (κ2) is 6.26. The highest BCUT2D eigenvalue weighted by Gasteiger charge is 2.30. The van der Waals surface area contributed by atoms with E-state index in [0.29, 0.717) is 10.6 Å². The van der Waals surface area contributed by atoms with Crippen LogP contribution in [0, 0.1) is 12.7 Å². The Morgan fingerprint density at radius 2 is 1.71 bits per heavy atom. The summed E-state index contributed by atoms with van der Waals surface area (Å²) in [7, 11) is 0. The quantitative estimate of drug-likeness (QED) is 0.622. The zero-order valence-corrected chi connectivity index (χ0v) is 11.7. The van der Waals surface area contributed by atoms with Gasteiger partial charge in [-0.3, -0.25) is 0 Å². The van der Waals surface area contributed by atoms with Gasteiger partial charge in [-0.15, -0.1) is 13.2 Å². The number of anilines is 1. The van der Waals surface area contributed by atoms with E-state index < -0.39 is 6.36 Å². The van der Waals surface area contributed by atoms with Crippen LogP contribution >= 0.6 is 11.9 Å². The number of hydrogen-bond acceptors (Lipinski definition) is 3. The number of rotatable bonds is 4. The van der Waals surface area contributed by atoms with E-state index in [9.17, 15) is 17.6 Å². The van der Waals surface area contributed by atoms with Gasteiger partial charge in [0.05, 0.1) is 5.69 Å². The van der Waals surface area contributed by atoms with E-state index in [0.717, 1.165) is 17.5 Å². The molecule has 1 N–H and O–H groups in total. The van der Waals surface area contributed by atoms with Gasteiger partial charge in [0.15, 0.2) is 0 Å². The van der Waals surface area contributed by atoms with Crippen molar-refractivity contribution in [1.29, 1.82) is 0 Å². The van der Waals surface area contributed by atoms with E-state index >= 15 is 0 Å². The average Bonchev–Trinajstić information content (AvgIpc) is 2.38. The van der Waals surface area contributed by atoms with Crippen LogP contribution in [0.2, 0.25) is 0 Å². The lowest BCUT2D eigenvalue weighted by Crippen LogP contribution is -2.16. The van der Waals surface area contributed by atoms with Crippen molar-refractivity contribution in [3.8, 4) is 5.75 Å². The Kier molecular flexibility index (Phi) is 4.62. The summed E-state index contributed by atoms with van der Waals surface area (Å²) < 4.78 is 56.2. The van der Waals surface area contributed by atoms with Gasteiger partial charge in [0.1, 0.15) is 11.6 Å². The number of benzene rings is 2. The third kappa shape index (κ3) is 4.86. The number of ether oxygens (including phenoxy) is 1. The number of halogens is 4. The SMILES string of the molecule is Cc1ccc(NSc2ccc(OC(F)(F)F)cc2)c(F)c1. The van der Waals surface area contributed by atoms with Crippen molar-refractivity contribution >= 4 is 17.6 Å². The number of aryl methyl sites for hydroxylation is 1. The summed E-state index contributed by atoms with van der Waals surface area (Å²) in [4.78, 5) is 0.629. The molecule has 0 bridgehead atoms. The third-order valence-electron chi connectivity index (χ3n) is 2.46. The van der Waals surface area contributed by atoms with E-state index in [-0.39, 0.29) is 11.6 Å². The fourth-order valence-corrected chi connectivity index (χ4v) is 2.19. The molecule has 0 fully saturated rings. The second-order valence-corrected chi connectivity index (χ2v) is 5.09. The Balaban J connectivity index is 1.97. The molecular weight excluding hydrogens is 306 g/mol. The summed E-state index contributed by atoms with van der Waals surface area (Å²) in [6.07, 6.45) is -4.71. The van der Waals surface area contributed by atoms with Gasteiger partial charge in [-0.25, -0.2) is 4.39 Å². The zero-order chi connectivity index (χ0) is 15.5. The predicted octanol–water partition coefficient (Wildman–Crippen LogP) is 5.15. The fourth-order valence-electron chi connectivity index (χ4n) is 1.53. The summed E-state index contributed by atoms with van der Waals surface area (Å²) >= 11 is 1.09. The molecule has 0 spiro atoms. The maximum atomic E-state index is 13.6. The average molecular weight is 317 g/mol. The molecule has 0 aromatic heterocycles. The van der Waals surface area contributed by atoms with Crippen molar-refractivity contribution in [3.05, 3.63) is 53.8 Å². The van der Waals surface area contributed by atoms with E-state index in [1.54, 1.807) is 19.1 Å². The molecule has 0 amide bonds. The fraction of sp³-hybridized carbons (Fsp3) is 0.143. The van der Waals surface area contributed by atoms with Gasteiger partial charge >= 0.3 is 6.36 Å². The summed E-state index contributed by atoms with van der Waals surface area (Å²) in [5.74, 6) is -0.687. The number of alkyl halides is 3. The lowest BCUT2D eigenvalue weighted by atomic mass is 10.2. The van der Waals surface area contributed by atoms with E-state index in [1.165, 1.54) is 30.3 Å². The highest BCUT2D eigenvalue weighted by atomic mass is 32.2. The molecular formula is C14H11F4NOS. The molecule has 112 valence electrons. The molecule has 0 saturated heterocycles. The van der Waals surface area contributed by atoms with Gasteiger partial charge in [0.2, 0.25) is 0 Å². The molecule has 0 aliphatic heterocycles. The smallest absolute Gasteiger partial charge is 0.406 e. The topological polar surface area (TPSA) is 21.3 Å². The van der Waals surface area contributed by atoms with Crippen molar-refractivity contribution in [2.75, 3.05) is 4.72 Å². The minimum absolute atomic E-state index is 0.298. The molecule has 0 radical (unpaired) electrons. The Morgan fingerprint density at radius 3 is 2.29 bits per heavy atom. The second-order valence-electron chi connectivity index (χ2n) is 4.21. The summed E-state index contributed by atoms with van der Waals surface area (Å²) in [6, 6.07) is 10.0. The van der Waals surface area contributed by atoms with Crippen molar-refractivity contribution in [3.63, 3.8) is 0 Å². The maximum absolute atomic E-state index is 13.6. The minimum atomic E-state index is -4.71.